The number of sulfonamides is 1. The Kier molecular flexibility index (Phi) is 10.5. The summed E-state index contributed by atoms with van der Waals surface area (Å²) in [6, 6.07) is 22.4. The van der Waals surface area contributed by atoms with Crippen LogP contribution in [0.25, 0.3) is 0 Å². The van der Waals surface area contributed by atoms with E-state index < -0.39 is 28.5 Å². The van der Waals surface area contributed by atoms with Crippen LogP contribution in [-0.2, 0) is 32.6 Å². The molecule has 3 rings (SSSR count). The average Bonchev–Trinajstić information content (AvgIpc) is 2.88. The fraction of sp³-hybridized carbons (Fsp3) is 0.310. The molecule has 3 aromatic rings. The lowest BCUT2D eigenvalue weighted by Gasteiger charge is -2.34. The summed E-state index contributed by atoms with van der Waals surface area (Å²) in [5.74, 6) is -0.529. The van der Waals surface area contributed by atoms with Crippen LogP contribution in [0.5, 0.6) is 5.75 Å². The number of hydrogen-bond acceptors (Lipinski definition) is 5. The first-order valence-corrected chi connectivity index (χ1v) is 15.1. The second kappa shape index (κ2) is 13.6. The van der Waals surface area contributed by atoms with Crippen molar-refractivity contribution in [1.82, 2.24) is 10.2 Å². The van der Waals surface area contributed by atoms with Gasteiger partial charge in [0.15, 0.2) is 0 Å². The minimum atomic E-state index is -3.88. The fourth-order valence-corrected chi connectivity index (χ4v) is 5.50. The summed E-state index contributed by atoms with van der Waals surface area (Å²) < 4.78 is 33.1. The first kappa shape index (κ1) is 30.2. The number of halogens is 1. The highest BCUT2D eigenvalue weighted by Gasteiger charge is 2.33. The molecule has 0 aromatic heterocycles. The van der Waals surface area contributed by atoms with Gasteiger partial charge in [-0.3, -0.25) is 13.9 Å². The molecule has 2 amide bonds. The molecule has 0 aliphatic rings. The summed E-state index contributed by atoms with van der Waals surface area (Å²) in [6.45, 7) is 3.30. The number of methoxy groups -OCH3 is 1. The molecule has 0 heterocycles. The Morgan fingerprint density at radius 2 is 1.59 bits per heavy atom. The molecule has 1 atom stereocenters. The number of para-hydroxylation sites is 2. The molecule has 0 bridgehead atoms. The van der Waals surface area contributed by atoms with Gasteiger partial charge in [-0.05, 0) is 49.2 Å². The smallest absolute Gasteiger partial charge is 0.244 e. The standard InChI is InChI=1S/C29H34BrN3O5S/c1-21(2)31-29(35)26(18-22-11-6-5-7-12-22)32(19-23-13-10-14-24(30)17-23)28(34)20-33(39(4,36)37)25-15-8-9-16-27(25)38-3/h5-17,21,26H,18-20H2,1-4H3,(H,31,35)/t26-/m0/s1. The summed E-state index contributed by atoms with van der Waals surface area (Å²) in [7, 11) is -2.45. The number of amides is 2. The van der Waals surface area contributed by atoms with Gasteiger partial charge < -0.3 is 15.0 Å². The van der Waals surface area contributed by atoms with Crippen molar-refractivity contribution >= 4 is 43.5 Å². The van der Waals surface area contributed by atoms with Gasteiger partial charge in [0, 0.05) is 23.5 Å². The minimum Gasteiger partial charge on any atom is -0.495 e. The zero-order chi connectivity index (χ0) is 28.6. The van der Waals surface area contributed by atoms with E-state index in [0.717, 1.165) is 26.2 Å². The monoisotopic (exact) mass is 615 g/mol. The minimum absolute atomic E-state index is 0.102. The quantitative estimate of drug-likeness (QED) is 0.326. The average molecular weight is 617 g/mol. The SMILES string of the molecule is COc1ccccc1N(CC(=O)N(Cc1cccc(Br)c1)[C@@H](Cc1ccccc1)C(=O)NC(C)C)S(C)(=O)=O. The second-order valence-electron chi connectivity index (χ2n) is 9.46. The van der Waals surface area contributed by atoms with Crippen molar-refractivity contribution in [3.05, 3.63) is 94.5 Å². The zero-order valence-electron chi connectivity index (χ0n) is 22.5. The summed E-state index contributed by atoms with van der Waals surface area (Å²) in [5.41, 5.74) is 1.90. The van der Waals surface area contributed by atoms with E-state index in [1.165, 1.54) is 12.0 Å². The Morgan fingerprint density at radius 3 is 2.21 bits per heavy atom. The number of carbonyl (C=O) groups is 2. The third kappa shape index (κ3) is 8.56. The number of rotatable bonds is 12. The summed E-state index contributed by atoms with van der Waals surface area (Å²) >= 11 is 3.47. The molecule has 8 nitrogen and oxygen atoms in total. The Labute approximate surface area is 239 Å². The van der Waals surface area contributed by atoms with Crippen molar-refractivity contribution in [2.45, 2.75) is 38.9 Å². The Bertz CT molecular complexity index is 1380. The van der Waals surface area contributed by atoms with Crippen LogP contribution >= 0.6 is 15.9 Å². The highest BCUT2D eigenvalue weighted by atomic mass is 79.9. The van der Waals surface area contributed by atoms with Crippen molar-refractivity contribution in [3.8, 4) is 5.75 Å². The van der Waals surface area contributed by atoms with Gasteiger partial charge in [0.25, 0.3) is 0 Å². The van der Waals surface area contributed by atoms with E-state index in [0.29, 0.717) is 5.75 Å². The molecule has 0 saturated carbocycles. The van der Waals surface area contributed by atoms with Gasteiger partial charge >= 0.3 is 0 Å². The van der Waals surface area contributed by atoms with E-state index in [1.54, 1.807) is 24.3 Å². The summed E-state index contributed by atoms with van der Waals surface area (Å²) in [6.07, 6.45) is 1.30. The molecular weight excluding hydrogens is 582 g/mol. The van der Waals surface area contributed by atoms with Crippen molar-refractivity contribution in [3.63, 3.8) is 0 Å². The van der Waals surface area contributed by atoms with E-state index in [4.69, 9.17) is 4.74 Å². The summed E-state index contributed by atoms with van der Waals surface area (Å²) in [4.78, 5) is 29.1. The number of carbonyl (C=O) groups excluding carboxylic acids is 2. The highest BCUT2D eigenvalue weighted by Crippen LogP contribution is 2.30. The number of ether oxygens (including phenoxy) is 1. The van der Waals surface area contributed by atoms with E-state index in [9.17, 15) is 18.0 Å². The molecule has 3 aromatic carbocycles. The lowest BCUT2D eigenvalue weighted by Crippen LogP contribution is -2.54. The largest absolute Gasteiger partial charge is 0.495 e. The molecule has 0 saturated heterocycles. The van der Waals surface area contributed by atoms with Crippen LogP contribution in [0.15, 0.2) is 83.3 Å². The van der Waals surface area contributed by atoms with E-state index in [2.05, 4.69) is 21.2 Å². The van der Waals surface area contributed by atoms with Crippen LogP contribution < -0.4 is 14.4 Å². The van der Waals surface area contributed by atoms with E-state index >= 15 is 0 Å². The van der Waals surface area contributed by atoms with Crippen LogP contribution in [-0.4, -0.2) is 57.1 Å². The highest BCUT2D eigenvalue weighted by molar-refractivity contribution is 9.10. The van der Waals surface area contributed by atoms with Gasteiger partial charge in [-0.1, -0.05) is 70.5 Å². The number of benzene rings is 3. The maximum atomic E-state index is 14.1. The first-order chi connectivity index (χ1) is 18.5. The molecule has 0 fully saturated rings. The Hall–Kier alpha value is -3.37. The zero-order valence-corrected chi connectivity index (χ0v) is 24.9. The number of hydrogen-bond donors (Lipinski definition) is 1. The van der Waals surface area contributed by atoms with Crippen LogP contribution in [0.2, 0.25) is 0 Å². The molecule has 208 valence electrons. The van der Waals surface area contributed by atoms with Crippen LogP contribution in [0.4, 0.5) is 5.69 Å². The van der Waals surface area contributed by atoms with Gasteiger partial charge in [0.1, 0.15) is 18.3 Å². The van der Waals surface area contributed by atoms with Crippen LogP contribution in [0, 0.1) is 0 Å². The second-order valence-corrected chi connectivity index (χ2v) is 12.3. The third-order valence-corrected chi connectivity index (χ3v) is 7.60. The number of nitrogens with zero attached hydrogens (tertiary/aromatic N) is 2. The van der Waals surface area contributed by atoms with Crippen molar-refractivity contribution in [2.75, 3.05) is 24.2 Å². The molecule has 0 radical (unpaired) electrons. The molecular formula is C29H34BrN3O5S. The summed E-state index contributed by atoms with van der Waals surface area (Å²) in [5, 5.41) is 2.94. The van der Waals surface area contributed by atoms with Gasteiger partial charge in [-0.15, -0.1) is 0 Å². The fourth-order valence-electron chi connectivity index (χ4n) is 4.20. The van der Waals surface area contributed by atoms with E-state index in [-0.39, 0.29) is 30.6 Å². The lowest BCUT2D eigenvalue weighted by molar-refractivity contribution is -0.140. The number of nitrogens with one attached hydrogen (secondary N) is 1. The van der Waals surface area contributed by atoms with Crippen molar-refractivity contribution in [2.24, 2.45) is 0 Å². The van der Waals surface area contributed by atoms with E-state index in [1.807, 2.05) is 68.4 Å². The van der Waals surface area contributed by atoms with Crippen molar-refractivity contribution < 1.29 is 22.7 Å². The third-order valence-electron chi connectivity index (χ3n) is 5.98. The Balaban J connectivity index is 2.08. The van der Waals surface area contributed by atoms with Gasteiger partial charge in [0.2, 0.25) is 21.8 Å². The van der Waals surface area contributed by atoms with Gasteiger partial charge in [-0.2, -0.15) is 0 Å². The maximum absolute atomic E-state index is 14.1. The molecule has 39 heavy (non-hydrogen) atoms. The van der Waals surface area contributed by atoms with Crippen molar-refractivity contribution in [1.29, 1.82) is 0 Å². The molecule has 0 aliphatic carbocycles. The molecule has 0 spiro atoms. The predicted octanol–water partition coefficient (Wildman–Crippen LogP) is 4.39. The first-order valence-electron chi connectivity index (χ1n) is 12.5. The maximum Gasteiger partial charge on any atom is 0.244 e. The topological polar surface area (TPSA) is 96.0 Å². The van der Waals surface area contributed by atoms with Gasteiger partial charge in [0.05, 0.1) is 19.1 Å². The van der Waals surface area contributed by atoms with Gasteiger partial charge in [-0.25, -0.2) is 8.42 Å². The number of anilines is 1. The lowest BCUT2D eigenvalue weighted by atomic mass is 10.0. The Morgan fingerprint density at radius 1 is 0.949 bits per heavy atom. The molecule has 0 unspecified atom stereocenters. The molecule has 10 heteroatoms. The molecule has 0 aliphatic heterocycles. The molecule has 1 N–H and O–H groups in total. The van der Waals surface area contributed by atoms with Crippen LogP contribution in [0.3, 0.4) is 0 Å². The predicted molar refractivity (Wildman–Crippen MR) is 157 cm³/mol. The normalized spacial score (nSPS) is 12.1. The van der Waals surface area contributed by atoms with Crippen LogP contribution in [0.1, 0.15) is 25.0 Å².